The number of para-hydroxylation sites is 1. The SMILES string of the molecule is COc1ccccc1CNS(=O)(=O)c1c(CO)n[nH]c1C. The molecule has 7 nitrogen and oxygen atoms in total. The summed E-state index contributed by atoms with van der Waals surface area (Å²) in [5.74, 6) is 0.603. The second kappa shape index (κ2) is 6.25. The third-order valence-electron chi connectivity index (χ3n) is 3.02. The number of nitrogens with one attached hydrogen (secondary N) is 2. The van der Waals surface area contributed by atoms with E-state index in [1.165, 1.54) is 7.11 Å². The second-order valence-electron chi connectivity index (χ2n) is 4.42. The first-order chi connectivity index (χ1) is 9.99. The van der Waals surface area contributed by atoms with Gasteiger partial charge in [0.1, 0.15) is 16.3 Å². The van der Waals surface area contributed by atoms with Crippen LogP contribution in [0.15, 0.2) is 29.2 Å². The van der Waals surface area contributed by atoms with Gasteiger partial charge in [0.2, 0.25) is 10.0 Å². The first-order valence-corrected chi connectivity index (χ1v) is 7.74. The van der Waals surface area contributed by atoms with Crippen molar-refractivity contribution in [2.24, 2.45) is 0 Å². The van der Waals surface area contributed by atoms with Crippen molar-refractivity contribution in [2.45, 2.75) is 25.0 Å². The van der Waals surface area contributed by atoms with Gasteiger partial charge in [-0.25, -0.2) is 13.1 Å². The Morgan fingerprint density at radius 2 is 2.10 bits per heavy atom. The third kappa shape index (κ3) is 3.23. The van der Waals surface area contributed by atoms with Crippen molar-refractivity contribution < 1.29 is 18.3 Å². The summed E-state index contributed by atoms with van der Waals surface area (Å²) in [4.78, 5) is -0.0140. The fourth-order valence-corrected chi connectivity index (χ4v) is 3.39. The summed E-state index contributed by atoms with van der Waals surface area (Å²) in [6.07, 6.45) is 0. The number of sulfonamides is 1. The van der Waals surface area contributed by atoms with Crippen LogP contribution in [-0.4, -0.2) is 30.8 Å². The minimum atomic E-state index is -3.77. The number of aromatic amines is 1. The summed E-state index contributed by atoms with van der Waals surface area (Å²) in [6.45, 7) is 1.22. The lowest BCUT2D eigenvalue weighted by Crippen LogP contribution is -2.24. The molecule has 2 rings (SSSR count). The maximum Gasteiger partial charge on any atom is 0.244 e. The van der Waals surface area contributed by atoms with Crippen LogP contribution < -0.4 is 9.46 Å². The van der Waals surface area contributed by atoms with Crippen molar-refractivity contribution in [3.05, 3.63) is 41.2 Å². The molecule has 0 aliphatic heterocycles. The Labute approximate surface area is 123 Å². The molecule has 1 heterocycles. The van der Waals surface area contributed by atoms with Crippen molar-refractivity contribution in [1.82, 2.24) is 14.9 Å². The average Bonchev–Trinajstić information content (AvgIpc) is 2.87. The zero-order valence-electron chi connectivity index (χ0n) is 11.8. The summed E-state index contributed by atoms with van der Waals surface area (Å²) in [6, 6.07) is 7.14. The molecular weight excluding hydrogens is 294 g/mol. The number of aliphatic hydroxyl groups is 1. The summed E-state index contributed by atoms with van der Waals surface area (Å²) in [5, 5.41) is 15.5. The topological polar surface area (TPSA) is 104 Å². The number of hydrogen-bond acceptors (Lipinski definition) is 5. The molecule has 1 aromatic carbocycles. The molecule has 0 unspecified atom stereocenters. The minimum absolute atomic E-state index is 0.0140. The number of rotatable bonds is 6. The summed E-state index contributed by atoms with van der Waals surface area (Å²) in [7, 11) is -2.25. The fourth-order valence-electron chi connectivity index (χ4n) is 2.03. The van der Waals surface area contributed by atoms with Crippen LogP contribution in [0.5, 0.6) is 5.75 Å². The molecule has 21 heavy (non-hydrogen) atoms. The van der Waals surface area contributed by atoms with E-state index in [0.717, 1.165) is 5.56 Å². The van der Waals surface area contributed by atoms with E-state index in [4.69, 9.17) is 9.84 Å². The molecule has 0 bridgehead atoms. The first kappa shape index (κ1) is 15.5. The number of hydrogen-bond donors (Lipinski definition) is 3. The number of ether oxygens (including phenoxy) is 1. The Morgan fingerprint density at radius 3 is 2.76 bits per heavy atom. The van der Waals surface area contributed by atoms with Gasteiger partial charge in [0, 0.05) is 12.1 Å². The molecule has 0 aliphatic rings. The van der Waals surface area contributed by atoms with Gasteiger partial charge in [-0.1, -0.05) is 18.2 Å². The van der Waals surface area contributed by atoms with E-state index in [1.807, 2.05) is 0 Å². The standard InChI is InChI=1S/C13H17N3O4S/c1-9-13(11(8-17)16-15-9)21(18,19)14-7-10-5-3-4-6-12(10)20-2/h3-6,14,17H,7-8H2,1-2H3,(H,15,16). The second-order valence-corrected chi connectivity index (χ2v) is 6.12. The van der Waals surface area contributed by atoms with E-state index in [9.17, 15) is 8.42 Å². The number of benzene rings is 1. The van der Waals surface area contributed by atoms with Gasteiger partial charge < -0.3 is 9.84 Å². The van der Waals surface area contributed by atoms with E-state index in [2.05, 4.69) is 14.9 Å². The van der Waals surface area contributed by atoms with Crippen LogP contribution in [-0.2, 0) is 23.2 Å². The number of methoxy groups -OCH3 is 1. The van der Waals surface area contributed by atoms with Gasteiger partial charge in [-0.2, -0.15) is 5.10 Å². The predicted molar refractivity (Wildman–Crippen MR) is 76.3 cm³/mol. The van der Waals surface area contributed by atoms with Crippen LogP contribution in [0.1, 0.15) is 17.0 Å². The Balaban J connectivity index is 2.24. The van der Waals surface area contributed by atoms with Crippen molar-refractivity contribution in [3.8, 4) is 5.75 Å². The van der Waals surface area contributed by atoms with Crippen molar-refractivity contribution >= 4 is 10.0 Å². The van der Waals surface area contributed by atoms with Crippen molar-refractivity contribution in [3.63, 3.8) is 0 Å². The summed E-state index contributed by atoms with van der Waals surface area (Å²) < 4.78 is 32.4. The fraction of sp³-hybridized carbons (Fsp3) is 0.308. The molecule has 0 spiro atoms. The van der Waals surface area contributed by atoms with Crippen LogP contribution in [0.4, 0.5) is 0 Å². The molecule has 0 saturated heterocycles. The Morgan fingerprint density at radius 1 is 1.38 bits per heavy atom. The van der Waals surface area contributed by atoms with Gasteiger partial charge in [-0.05, 0) is 13.0 Å². The Kier molecular flexibility index (Phi) is 4.61. The molecule has 2 aromatic rings. The lowest BCUT2D eigenvalue weighted by molar-refractivity contribution is 0.273. The van der Waals surface area contributed by atoms with Crippen molar-refractivity contribution in [2.75, 3.05) is 7.11 Å². The third-order valence-corrected chi connectivity index (χ3v) is 4.63. The Bertz CT molecular complexity index is 725. The highest BCUT2D eigenvalue weighted by Crippen LogP contribution is 2.20. The molecular formula is C13H17N3O4S. The van der Waals surface area contributed by atoms with Crippen LogP contribution in [0.2, 0.25) is 0 Å². The zero-order chi connectivity index (χ0) is 15.5. The van der Waals surface area contributed by atoms with Crippen LogP contribution >= 0.6 is 0 Å². The lowest BCUT2D eigenvalue weighted by Gasteiger charge is -2.10. The molecule has 0 amide bonds. The number of aliphatic hydroxyl groups excluding tert-OH is 1. The normalized spacial score (nSPS) is 11.6. The Hall–Kier alpha value is -1.90. The average molecular weight is 311 g/mol. The van der Waals surface area contributed by atoms with Gasteiger partial charge >= 0.3 is 0 Å². The van der Waals surface area contributed by atoms with Gasteiger partial charge in [-0.3, -0.25) is 5.10 Å². The smallest absolute Gasteiger partial charge is 0.244 e. The molecule has 8 heteroatoms. The highest BCUT2D eigenvalue weighted by atomic mass is 32.2. The van der Waals surface area contributed by atoms with Crippen LogP contribution in [0.3, 0.4) is 0 Å². The largest absolute Gasteiger partial charge is 0.496 e. The van der Waals surface area contributed by atoms with E-state index in [1.54, 1.807) is 31.2 Å². The maximum absolute atomic E-state index is 12.3. The van der Waals surface area contributed by atoms with Gasteiger partial charge in [0.15, 0.2) is 0 Å². The van der Waals surface area contributed by atoms with Crippen LogP contribution in [0.25, 0.3) is 0 Å². The molecule has 3 N–H and O–H groups in total. The number of aryl methyl sites for hydroxylation is 1. The van der Waals surface area contributed by atoms with E-state index < -0.39 is 16.6 Å². The molecule has 0 aliphatic carbocycles. The zero-order valence-corrected chi connectivity index (χ0v) is 12.6. The molecule has 114 valence electrons. The molecule has 1 aromatic heterocycles. The number of H-pyrrole nitrogens is 1. The van der Waals surface area contributed by atoms with Gasteiger partial charge in [0.05, 0.1) is 19.4 Å². The predicted octanol–water partition coefficient (Wildman–Crippen LogP) is 0.698. The van der Waals surface area contributed by atoms with Gasteiger partial charge in [-0.15, -0.1) is 0 Å². The van der Waals surface area contributed by atoms with Gasteiger partial charge in [0.25, 0.3) is 0 Å². The van der Waals surface area contributed by atoms with E-state index >= 15 is 0 Å². The molecule has 0 fully saturated rings. The highest BCUT2D eigenvalue weighted by molar-refractivity contribution is 7.89. The first-order valence-electron chi connectivity index (χ1n) is 6.26. The molecule has 0 radical (unpaired) electrons. The quantitative estimate of drug-likeness (QED) is 0.728. The monoisotopic (exact) mass is 311 g/mol. The lowest BCUT2D eigenvalue weighted by atomic mass is 10.2. The highest BCUT2D eigenvalue weighted by Gasteiger charge is 2.23. The number of nitrogens with zero attached hydrogens (tertiary/aromatic N) is 1. The molecule has 0 saturated carbocycles. The van der Waals surface area contributed by atoms with E-state index in [0.29, 0.717) is 11.4 Å². The number of aromatic nitrogens is 2. The molecule has 0 atom stereocenters. The van der Waals surface area contributed by atoms with E-state index in [-0.39, 0.29) is 17.1 Å². The minimum Gasteiger partial charge on any atom is -0.496 e. The van der Waals surface area contributed by atoms with Crippen molar-refractivity contribution in [1.29, 1.82) is 0 Å². The maximum atomic E-state index is 12.3. The summed E-state index contributed by atoms with van der Waals surface area (Å²) in [5.41, 5.74) is 1.20. The summed E-state index contributed by atoms with van der Waals surface area (Å²) >= 11 is 0. The van der Waals surface area contributed by atoms with Crippen LogP contribution in [0, 0.1) is 6.92 Å².